The van der Waals surface area contributed by atoms with E-state index in [0.29, 0.717) is 18.6 Å². The number of aryl methyl sites for hydroxylation is 1. The molecule has 23 heavy (non-hydrogen) atoms. The van der Waals surface area contributed by atoms with Crippen LogP contribution in [-0.2, 0) is 19.6 Å². The van der Waals surface area contributed by atoms with E-state index in [1.165, 1.54) is 6.07 Å². The van der Waals surface area contributed by atoms with Crippen molar-refractivity contribution < 1.29 is 17.9 Å². The van der Waals surface area contributed by atoms with E-state index < -0.39 is 21.8 Å². The molecule has 128 valence electrons. The lowest BCUT2D eigenvalue weighted by molar-refractivity contribution is -0.135. The molecular formula is C16H22ClNO4S. The molecule has 1 fully saturated rings. The van der Waals surface area contributed by atoms with Crippen LogP contribution >= 0.6 is 11.6 Å². The van der Waals surface area contributed by atoms with E-state index >= 15 is 0 Å². The quantitative estimate of drug-likeness (QED) is 0.897. The third-order valence-corrected chi connectivity index (χ3v) is 6.00. The van der Waals surface area contributed by atoms with Crippen molar-refractivity contribution in [1.82, 2.24) is 4.72 Å². The molecule has 1 saturated heterocycles. The monoisotopic (exact) mass is 359 g/mol. The van der Waals surface area contributed by atoms with Gasteiger partial charge in [-0.05, 0) is 37.3 Å². The molecule has 2 atom stereocenters. The first-order valence-electron chi connectivity index (χ1n) is 7.67. The highest BCUT2D eigenvalue weighted by molar-refractivity contribution is 7.90. The van der Waals surface area contributed by atoms with E-state index in [0.717, 1.165) is 6.42 Å². The Morgan fingerprint density at radius 1 is 1.39 bits per heavy atom. The average molecular weight is 360 g/mol. The number of benzene rings is 1. The van der Waals surface area contributed by atoms with Gasteiger partial charge in [-0.1, -0.05) is 37.6 Å². The van der Waals surface area contributed by atoms with Gasteiger partial charge in [0, 0.05) is 6.61 Å². The van der Waals surface area contributed by atoms with Crippen molar-refractivity contribution in [3.63, 3.8) is 0 Å². The molecule has 0 unspecified atom stereocenters. The van der Waals surface area contributed by atoms with Crippen molar-refractivity contribution in [3.05, 3.63) is 28.8 Å². The van der Waals surface area contributed by atoms with Gasteiger partial charge in [0.1, 0.15) is 4.90 Å². The Morgan fingerprint density at radius 2 is 2.09 bits per heavy atom. The van der Waals surface area contributed by atoms with Crippen LogP contribution in [0.1, 0.15) is 32.3 Å². The fourth-order valence-corrected chi connectivity index (χ4v) is 4.82. The Bertz CT molecular complexity index is 667. The van der Waals surface area contributed by atoms with Crippen molar-refractivity contribution >= 4 is 27.5 Å². The lowest BCUT2D eigenvalue weighted by Crippen LogP contribution is -2.45. The molecule has 7 heteroatoms. The number of ether oxygens (including phenoxy) is 1. The van der Waals surface area contributed by atoms with Gasteiger partial charge in [0.2, 0.25) is 5.91 Å². The maximum absolute atomic E-state index is 12.5. The highest BCUT2D eigenvalue weighted by atomic mass is 35.5. The molecule has 0 radical (unpaired) electrons. The number of hydrogen-bond acceptors (Lipinski definition) is 4. The number of carbonyl (C=O) groups is 1. The Kier molecular flexibility index (Phi) is 5.70. The summed E-state index contributed by atoms with van der Waals surface area (Å²) in [5, 5.41) is 0.102. The zero-order chi connectivity index (χ0) is 17.2. The van der Waals surface area contributed by atoms with Gasteiger partial charge in [0.15, 0.2) is 0 Å². The minimum atomic E-state index is -4.01. The smallest absolute Gasteiger partial charge is 0.265 e. The van der Waals surface area contributed by atoms with E-state index in [1.807, 2.05) is 13.8 Å². The Balaban J connectivity index is 2.24. The Morgan fingerprint density at radius 3 is 2.70 bits per heavy atom. The highest BCUT2D eigenvalue weighted by Gasteiger charge is 2.36. The predicted molar refractivity (Wildman–Crippen MR) is 88.8 cm³/mol. The largest absolute Gasteiger partial charge is 0.377 e. The topological polar surface area (TPSA) is 72.5 Å². The molecule has 5 nitrogen and oxygen atoms in total. The zero-order valence-electron chi connectivity index (χ0n) is 13.5. The lowest BCUT2D eigenvalue weighted by atomic mass is 9.87. The number of sulfonamides is 1. The summed E-state index contributed by atoms with van der Waals surface area (Å²) in [4.78, 5) is 12.5. The molecule has 1 aliphatic rings. The zero-order valence-corrected chi connectivity index (χ0v) is 15.1. The van der Waals surface area contributed by atoms with E-state index in [1.54, 1.807) is 19.1 Å². The van der Waals surface area contributed by atoms with E-state index in [4.69, 9.17) is 16.3 Å². The van der Waals surface area contributed by atoms with Crippen molar-refractivity contribution in [2.45, 2.75) is 44.6 Å². The average Bonchev–Trinajstić information content (AvgIpc) is 2.46. The van der Waals surface area contributed by atoms with E-state index in [-0.39, 0.29) is 21.9 Å². The predicted octanol–water partition coefficient (Wildman–Crippen LogP) is 2.90. The van der Waals surface area contributed by atoms with Crippen LogP contribution in [0.2, 0.25) is 5.02 Å². The SMILES string of the molecule is Cc1cccc(Cl)c1S(=O)(=O)NC(=O)[C@H]1CCCO[C@H]1C(C)C. The molecule has 1 aromatic carbocycles. The van der Waals surface area contributed by atoms with Gasteiger partial charge in [0.05, 0.1) is 17.0 Å². The Hall–Kier alpha value is -1.11. The normalized spacial score (nSPS) is 22.1. The summed E-state index contributed by atoms with van der Waals surface area (Å²) in [6, 6.07) is 4.81. The summed E-state index contributed by atoms with van der Waals surface area (Å²) in [6.45, 7) is 6.17. The van der Waals surface area contributed by atoms with Crippen LogP contribution in [-0.4, -0.2) is 27.0 Å². The van der Waals surface area contributed by atoms with Crippen molar-refractivity contribution in [3.8, 4) is 0 Å². The maximum Gasteiger partial charge on any atom is 0.265 e. The van der Waals surface area contributed by atoms with Gasteiger partial charge in [0.25, 0.3) is 10.0 Å². The molecule has 0 bridgehead atoms. The van der Waals surface area contributed by atoms with Gasteiger partial charge < -0.3 is 4.74 Å². The first-order valence-corrected chi connectivity index (χ1v) is 9.53. The van der Waals surface area contributed by atoms with Gasteiger partial charge in [-0.15, -0.1) is 0 Å². The summed E-state index contributed by atoms with van der Waals surface area (Å²) >= 11 is 6.01. The summed E-state index contributed by atoms with van der Waals surface area (Å²) in [6.07, 6.45) is 1.09. The second-order valence-electron chi connectivity index (χ2n) is 6.18. The van der Waals surface area contributed by atoms with Crippen LogP contribution in [0.3, 0.4) is 0 Å². The fraction of sp³-hybridized carbons (Fsp3) is 0.562. The summed E-state index contributed by atoms with van der Waals surface area (Å²) in [5.41, 5.74) is 0.498. The molecule has 1 aromatic rings. The molecule has 0 aliphatic carbocycles. The summed E-state index contributed by atoms with van der Waals surface area (Å²) < 4.78 is 32.9. The molecule has 2 rings (SSSR count). The number of carbonyl (C=O) groups excluding carboxylic acids is 1. The van der Waals surface area contributed by atoms with Gasteiger partial charge >= 0.3 is 0 Å². The van der Waals surface area contributed by atoms with Crippen LogP contribution in [0.5, 0.6) is 0 Å². The molecule has 0 aromatic heterocycles. The second kappa shape index (κ2) is 7.20. The summed E-state index contributed by atoms with van der Waals surface area (Å²) in [7, 11) is -4.01. The van der Waals surface area contributed by atoms with Gasteiger partial charge in [-0.25, -0.2) is 13.1 Å². The second-order valence-corrected chi connectivity index (χ2v) is 8.21. The van der Waals surface area contributed by atoms with E-state index in [2.05, 4.69) is 4.72 Å². The third kappa shape index (κ3) is 4.05. The van der Waals surface area contributed by atoms with Crippen LogP contribution in [0.25, 0.3) is 0 Å². The van der Waals surface area contributed by atoms with E-state index in [9.17, 15) is 13.2 Å². The minimum absolute atomic E-state index is 0.0483. The molecule has 1 amide bonds. The highest BCUT2D eigenvalue weighted by Crippen LogP contribution is 2.28. The number of amides is 1. The maximum atomic E-state index is 12.5. The van der Waals surface area contributed by atoms with Gasteiger partial charge in [-0.2, -0.15) is 0 Å². The molecule has 1 N–H and O–H groups in total. The van der Waals surface area contributed by atoms with Crippen LogP contribution < -0.4 is 4.72 Å². The van der Waals surface area contributed by atoms with Crippen LogP contribution in [0.4, 0.5) is 0 Å². The number of halogens is 1. The van der Waals surface area contributed by atoms with Crippen LogP contribution in [0, 0.1) is 18.8 Å². The summed E-state index contributed by atoms with van der Waals surface area (Å²) in [5.74, 6) is -0.861. The third-order valence-electron chi connectivity index (χ3n) is 4.03. The first kappa shape index (κ1) is 18.2. The van der Waals surface area contributed by atoms with Crippen LogP contribution in [0.15, 0.2) is 23.1 Å². The molecule has 1 aliphatic heterocycles. The molecule has 1 heterocycles. The van der Waals surface area contributed by atoms with Crippen molar-refractivity contribution in [1.29, 1.82) is 0 Å². The first-order chi connectivity index (χ1) is 10.7. The number of hydrogen-bond donors (Lipinski definition) is 1. The Labute approximate surface area is 142 Å². The molecule has 0 spiro atoms. The fourth-order valence-electron chi connectivity index (χ4n) is 2.96. The standard InChI is InChI=1S/C16H22ClNO4S/c1-10(2)14-12(7-5-9-22-14)16(19)18-23(20,21)15-11(3)6-4-8-13(15)17/h4,6,8,10,12,14H,5,7,9H2,1-3H3,(H,18,19)/t12-,14-/m0/s1. The number of nitrogens with one attached hydrogen (secondary N) is 1. The number of rotatable bonds is 4. The van der Waals surface area contributed by atoms with Crippen molar-refractivity contribution in [2.24, 2.45) is 11.8 Å². The molecule has 0 saturated carbocycles. The van der Waals surface area contributed by atoms with Crippen molar-refractivity contribution in [2.75, 3.05) is 6.61 Å². The van der Waals surface area contributed by atoms with Gasteiger partial charge in [-0.3, -0.25) is 4.79 Å². The molecular weight excluding hydrogens is 338 g/mol. The minimum Gasteiger partial charge on any atom is -0.377 e. The lowest BCUT2D eigenvalue weighted by Gasteiger charge is -2.33.